The van der Waals surface area contributed by atoms with E-state index in [1.54, 1.807) is 0 Å². The molecule has 0 bridgehead atoms. The second-order valence-corrected chi connectivity index (χ2v) is 6.71. The van der Waals surface area contributed by atoms with Crippen LogP contribution in [0.5, 0.6) is 0 Å². The summed E-state index contributed by atoms with van der Waals surface area (Å²) in [5, 5.41) is 10.5. The van der Waals surface area contributed by atoms with E-state index in [2.05, 4.69) is 45.4 Å². The molecule has 1 heterocycles. The molecular formula is C19H27NO2. The van der Waals surface area contributed by atoms with Crippen molar-refractivity contribution in [2.75, 3.05) is 0 Å². The van der Waals surface area contributed by atoms with Crippen LogP contribution in [-0.4, -0.2) is 15.6 Å². The number of aryl methyl sites for hydroxylation is 1. The highest BCUT2D eigenvalue weighted by Crippen LogP contribution is 2.34. The molecule has 3 heteroatoms. The fourth-order valence-electron chi connectivity index (χ4n) is 3.03. The average molecular weight is 301 g/mol. The highest BCUT2D eigenvalue weighted by atomic mass is 16.4. The van der Waals surface area contributed by atoms with E-state index in [0.29, 0.717) is 17.4 Å². The van der Waals surface area contributed by atoms with E-state index < -0.39 is 5.97 Å². The van der Waals surface area contributed by atoms with Crippen molar-refractivity contribution in [3.05, 3.63) is 35.0 Å². The van der Waals surface area contributed by atoms with E-state index in [1.807, 2.05) is 12.1 Å². The second kappa shape index (κ2) is 6.55. The van der Waals surface area contributed by atoms with E-state index in [-0.39, 0.29) is 0 Å². The third-order valence-electron chi connectivity index (χ3n) is 4.28. The maximum Gasteiger partial charge on any atom is 0.335 e. The van der Waals surface area contributed by atoms with Crippen LogP contribution in [0.25, 0.3) is 10.9 Å². The number of carboxylic acid groups (broad SMARTS) is 1. The van der Waals surface area contributed by atoms with Crippen molar-refractivity contribution in [1.82, 2.24) is 4.57 Å². The van der Waals surface area contributed by atoms with Crippen molar-refractivity contribution in [3.8, 4) is 0 Å². The Balaban J connectivity index is 2.79. The number of fused-ring (bicyclic) bond motifs is 1. The van der Waals surface area contributed by atoms with Crippen LogP contribution in [0.2, 0.25) is 0 Å². The molecule has 0 saturated carbocycles. The van der Waals surface area contributed by atoms with Crippen LogP contribution in [0, 0.1) is 0 Å². The Morgan fingerprint density at radius 1 is 1.14 bits per heavy atom. The van der Waals surface area contributed by atoms with Gasteiger partial charge in [0.25, 0.3) is 0 Å². The van der Waals surface area contributed by atoms with Gasteiger partial charge in [-0.15, -0.1) is 0 Å². The van der Waals surface area contributed by atoms with Crippen LogP contribution < -0.4 is 0 Å². The standard InChI is InChI=1S/C19H27NO2/c1-6-7-8-20-11-17(13(4)5)16-10-14(19(21)22)9-15(12(2)3)18(16)20/h9-13H,6-8H2,1-5H3,(H,21,22). The summed E-state index contributed by atoms with van der Waals surface area (Å²) in [6.07, 6.45) is 4.52. The summed E-state index contributed by atoms with van der Waals surface area (Å²) in [4.78, 5) is 11.5. The average Bonchev–Trinajstić information content (AvgIpc) is 2.82. The number of benzene rings is 1. The predicted octanol–water partition coefficient (Wildman–Crippen LogP) is 5.39. The predicted molar refractivity (Wildman–Crippen MR) is 92.0 cm³/mol. The first-order chi connectivity index (χ1) is 10.4. The second-order valence-electron chi connectivity index (χ2n) is 6.71. The van der Waals surface area contributed by atoms with E-state index >= 15 is 0 Å². The van der Waals surface area contributed by atoms with Gasteiger partial charge in [0.05, 0.1) is 11.1 Å². The molecule has 0 atom stereocenters. The molecule has 0 aliphatic heterocycles. The molecule has 120 valence electrons. The molecule has 0 radical (unpaired) electrons. The first kappa shape index (κ1) is 16.6. The van der Waals surface area contributed by atoms with E-state index in [9.17, 15) is 9.90 Å². The third-order valence-corrected chi connectivity index (χ3v) is 4.28. The van der Waals surface area contributed by atoms with Crippen molar-refractivity contribution < 1.29 is 9.90 Å². The minimum Gasteiger partial charge on any atom is -0.478 e. The molecule has 0 unspecified atom stereocenters. The molecule has 22 heavy (non-hydrogen) atoms. The molecule has 0 aliphatic rings. The van der Waals surface area contributed by atoms with Gasteiger partial charge in [0, 0.05) is 18.1 Å². The Kier molecular flexibility index (Phi) is 4.94. The van der Waals surface area contributed by atoms with Gasteiger partial charge in [-0.1, -0.05) is 41.0 Å². The molecule has 3 nitrogen and oxygen atoms in total. The Bertz CT molecular complexity index is 680. The lowest BCUT2D eigenvalue weighted by atomic mass is 9.94. The van der Waals surface area contributed by atoms with Gasteiger partial charge in [-0.3, -0.25) is 0 Å². The van der Waals surface area contributed by atoms with Crippen molar-refractivity contribution in [3.63, 3.8) is 0 Å². The maximum absolute atomic E-state index is 11.5. The van der Waals surface area contributed by atoms with Crippen molar-refractivity contribution >= 4 is 16.9 Å². The van der Waals surface area contributed by atoms with E-state index in [0.717, 1.165) is 30.3 Å². The zero-order valence-electron chi connectivity index (χ0n) is 14.3. The number of hydrogen-bond donors (Lipinski definition) is 1. The molecule has 0 aliphatic carbocycles. The Labute approximate surface area is 133 Å². The summed E-state index contributed by atoms with van der Waals surface area (Å²) in [6.45, 7) is 11.8. The number of carbonyl (C=O) groups is 1. The minimum absolute atomic E-state index is 0.303. The van der Waals surface area contributed by atoms with Gasteiger partial charge in [-0.25, -0.2) is 4.79 Å². The highest BCUT2D eigenvalue weighted by Gasteiger charge is 2.19. The van der Waals surface area contributed by atoms with Gasteiger partial charge in [0.1, 0.15) is 0 Å². The molecule has 0 saturated heterocycles. The normalized spacial score (nSPS) is 11.8. The number of hydrogen-bond acceptors (Lipinski definition) is 1. The van der Waals surface area contributed by atoms with Gasteiger partial charge in [-0.05, 0) is 41.5 Å². The van der Waals surface area contributed by atoms with Crippen LogP contribution in [0.3, 0.4) is 0 Å². The van der Waals surface area contributed by atoms with Crippen molar-refractivity contribution in [1.29, 1.82) is 0 Å². The lowest BCUT2D eigenvalue weighted by Crippen LogP contribution is -2.03. The molecule has 0 spiro atoms. The smallest absolute Gasteiger partial charge is 0.335 e. The van der Waals surface area contributed by atoms with Crippen LogP contribution in [0.1, 0.15) is 80.8 Å². The summed E-state index contributed by atoms with van der Waals surface area (Å²) in [5.41, 5.74) is 4.00. The van der Waals surface area contributed by atoms with Crippen LogP contribution >= 0.6 is 0 Å². The molecule has 2 aromatic rings. The summed E-state index contributed by atoms with van der Waals surface area (Å²) in [6, 6.07) is 3.70. The molecule has 0 amide bonds. The number of aromatic carboxylic acids is 1. The number of nitrogens with zero attached hydrogens (tertiary/aromatic N) is 1. The number of aromatic nitrogens is 1. The van der Waals surface area contributed by atoms with Crippen LogP contribution in [0.4, 0.5) is 0 Å². The molecule has 0 fully saturated rings. The van der Waals surface area contributed by atoms with E-state index in [1.165, 1.54) is 11.1 Å². The van der Waals surface area contributed by atoms with Crippen LogP contribution in [-0.2, 0) is 6.54 Å². The van der Waals surface area contributed by atoms with Gasteiger partial charge < -0.3 is 9.67 Å². The lowest BCUT2D eigenvalue weighted by Gasteiger charge is -2.13. The first-order valence-electron chi connectivity index (χ1n) is 8.26. The first-order valence-corrected chi connectivity index (χ1v) is 8.26. The Morgan fingerprint density at radius 3 is 2.27 bits per heavy atom. The van der Waals surface area contributed by atoms with Crippen molar-refractivity contribution in [2.24, 2.45) is 0 Å². The zero-order valence-corrected chi connectivity index (χ0v) is 14.3. The monoisotopic (exact) mass is 301 g/mol. The quantitative estimate of drug-likeness (QED) is 0.777. The maximum atomic E-state index is 11.5. The fraction of sp³-hybridized carbons (Fsp3) is 0.526. The molecular weight excluding hydrogens is 274 g/mol. The van der Waals surface area contributed by atoms with Crippen LogP contribution in [0.15, 0.2) is 18.3 Å². The number of carboxylic acids is 1. The van der Waals surface area contributed by atoms with Gasteiger partial charge >= 0.3 is 5.97 Å². The highest BCUT2D eigenvalue weighted by molar-refractivity contribution is 5.97. The molecule has 2 rings (SSSR count). The summed E-state index contributed by atoms with van der Waals surface area (Å²) < 4.78 is 2.33. The Morgan fingerprint density at radius 2 is 1.77 bits per heavy atom. The topological polar surface area (TPSA) is 42.2 Å². The van der Waals surface area contributed by atoms with Gasteiger partial charge in [-0.2, -0.15) is 0 Å². The third kappa shape index (κ3) is 3.03. The molecule has 1 N–H and O–H groups in total. The van der Waals surface area contributed by atoms with Gasteiger partial charge in [0.15, 0.2) is 0 Å². The summed E-state index contributed by atoms with van der Waals surface area (Å²) in [5.74, 6) is -0.161. The van der Waals surface area contributed by atoms with Gasteiger partial charge in [0.2, 0.25) is 0 Å². The van der Waals surface area contributed by atoms with Crippen molar-refractivity contribution in [2.45, 2.75) is 65.8 Å². The minimum atomic E-state index is -0.847. The summed E-state index contributed by atoms with van der Waals surface area (Å²) in [7, 11) is 0. The summed E-state index contributed by atoms with van der Waals surface area (Å²) >= 11 is 0. The largest absolute Gasteiger partial charge is 0.478 e. The zero-order chi connectivity index (χ0) is 16.4. The van der Waals surface area contributed by atoms with E-state index in [4.69, 9.17) is 0 Å². The molecule has 1 aromatic heterocycles. The number of unbranched alkanes of at least 4 members (excludes halogenated alkanes) is 1. The number of rotatable bonds is 6. The Hall–Kier alpha value is -1.77. The lowest BCUT2D eigenvalue weighted by molar-refractivity contribution is 0.0697. The SMILES string of the molecule is CCCCn1cc(C(C)C)c2cc(C(=O)O)cc(C(C)C)c21. The molecule has 1 aromatic carbocycles. The fourth-order valence-corrected chi connectivity index (χ4v) is 3.03.